The second-order valence-electron chi connectivity index (χ2n) is 12.4. The van der Waals surface area contributed by atoms with Gasteiger partial charge in [0.1, 0.15) is 11.7 Å². The molecule has 0 saturated heterocycles. The van der Waals surface area contributed by atoms with Crippen molar-refractivity contribution in [1.29, 1.82) is 0 Å². The number of hydrogen-bond acceptors (Lipinski definition) is 11. The molecule has 0 aliphatic carbocycles. The van der Waals surface area contributed by atoms with Gasteiger partial charge >= 0.3 is 11.9 Å². The number of rotatable bonds is 12. The molecule has 1 atom stereocenters. The van der Waals surface area contributed by atoms with Crippen LogP contribution in [0.5, 0.6) is 0 Å². The van der Waals surface area contributed by atoms with E-state index in [1.54, 1.807) is 48.8 Å². The molecule has 5 aromatic rings. The molecule has 15 heteroatoms. The number of carbonyl (C=O) groups excluding carboxylic acids is 1. The maximum atomic E-state index is 12.9. The molecule has 2 aromatic carbocycles. The molecular formula is C33H36N10O5. The Bertz CT molecular complexity index is 1990. The monoisotopic (exact) mass is 652 g/mol. The molecule has 0 fully saturated rings. The number of hydrogen-bond donors (Lipinski definition) is 5. The number of nitrogens with zero attached hydrogens (tertiary/aromatic N) is 7. The second-order valence-corrected chi connectivity index (χ2v) is 12.4. The molecule has 0 aliphatic heterocycles. The minimum Gasteiger partial charge on any atom is -0.480 e. The predicted molar refractivity (Wildman–Crippen MR) is 177 cm³/mol. The molecule has 3 heterocycles. The number of amides is 1. The largest absolute Gasteiger partial charge is 0.480 e. The summed E-state index contributed by atoms with van der Waals surface area (Å²) in [5.41, 5.74) is 15.8. The lowest BCUT2D eigenvalue weighted by atomic mass is 9.85. The maximum absolute atomic E-state index is 12.9. The molecule has 0 radical (unpaired) electrons. The van der Waals surface area contributed by atoms with Gasteiger partial charge in [0.15, 0.2) is 17.0 Å². The van der Waals surface area contributed by atoms with Crippen LogP contribution >= 0.6 is 0 Å². The predicted octanol–water partition coefficient (Wildman–Crippen LogP) is 3.29. The summed E-state index contributed by atoms with van der Waals surface area (Å²) in [4.78, 5) is 53.5. The van der Waals surface area contributed by atoms with Crippen LogP contribution in [0.4, 0.5) is 11.8 Å². The van der Waals surface area contributed by atoms with Crippen molar-refractivity contribution in [2.45, 2.75) is 64.5 Å². The van der Waals surface area contributed by atoms with Gasteiger partial charge in [-0.2, -0.15) is 9.97 Å². The van der Waals surface area contributed by atoms with E-state index in [1.165, 1.54) is 4.68 Å². The summed E-state index contributed by atoms with van der Waals surface area (Å²) in [6.07, 6.45) is 4.91. The first-order valence-corrected chi connectivity index (χ1v) is 15.2. The van der Waals surface area contributed by atoms with E-state index in [2.05, 4.69) is 35.6 Å². The summed E-state index contributed by atoms with van der Waals surface area (Å²) in [5.74, 6) is -2.55. The summed E-state index contributed by atoms with van der Waals surface area (Å²) in [7, 11) is 0. The minimum atomic E-state index is -1.16. The van der Waals surface area contributed by atoms with Crippen LogP contribution in [0.25, 0.3) is 22.4 Å². The molecule has 0 unspecified atom stereocenters. The van der Waals surface area contributed by atoms with Crippen LogP contribution in [-0.4, -0.2) is 69.0 Å². The molecule has 3 aromatic heterocycles. The van der Waals surface area contributed by atoms with E-state index in [9.17, 15) is 24.6 Å². The van der Waals surface area contributed by atoms with Crippen molar-refractivity contribution in [3.05, 3.63) is 82.8 Å². The fraction of sp³-hybridized carbons (Fsp3) is 0.303. The van der Waals surface area contributed by atoms with E-state index in [-0.39, 0.29) is 29.2 Å². The van der Waals surface area contributed by atoms with Crippen molar-refractivity contribution in [2.75, 3.05) is 11.5 Å². The van der Waals surface area contributed by atoms with Crippen LogP contribution in [0.1, 0.15) is 71.1 Å². The number of carboxylic acids is 2. The van der Waals surface area contributed by atoms with Crippen LogP contribution < -0.4 is 16.8 Å². The van der Waals surface area contributed by atoms with Crippen molar-refractivity contribution in [2.24, 2.45) is 0 Å². The summed E-state index contributed by atoms with van der Waals surface area (Å²) in [6, 6.07) is 11.0. The average molecular weight is 653 g/mol. The van der Waals surface area contributed by atoms with Crippen molar-refractivity contribution in [1.82, 2.24) is 40.2 Å². The third-order valence-corrected chi connectivity index (χ3v) is 7.80. The molecule has 248 valence electrons. The molecular weight excluding hydrogens is 616 g/mol. The van der Waals surface area contributed by atoms with E-state index in [4.69, 9.17) is 11.5 Å². The molecule has 0 spiro atoms. The Morgan fingerprint density at radius 2 is 1.73 bits per heavy atom. The topological polar surface area (TPSA) is 238 Å². The molecule has 0 bridgehead atoms. The highest BCUT2D eigenvalue weighted by molar-refractivity contribution is 5.97. The van der Waals surface area contributed by atoms with Gasteiger partial charge in [-0.3, -0.25) is 9.48 Å². The summed E-state index contributed by atoms with van der Waals surface area (Å²) in [5, 5.41) is 30.4. The van der Waals surface area contributed by atoms with Gasteiger partial charge in [-0.1, -0.05) is 50.3 Å². The van der Waals surface area contributed by atoms with Gasteiger partial charge in [0, 0.05) is 17.7 Å². The Morgan fingerprint density at radius 1 is 0.979 bits per heavy atom. The van der Waals surface area contributed by atoms with Crippen molar-refractivity contribution < 1.29 is 24.6 Å². The first-order chi connectivity index (χ1) is 22.8. The molecule has 5 rings (SSSR count). The van der Waals surface area contributed by atoms with E-state index in [1.807, 2.05) is 26.8 Å². The molecule has 48 heavy (non-hydrogen) atoms. The van der Waals surface area contributed by atoms with Crippen LogP contribution in [0.2, 0.25) is 0 Å². The Labute approximate surface area is 275 Å². The zero-order valence-corrected chi connectivity index (χ0v) is 26.7. The fourth-order valence-corrected chi connectivity index (χ4v) is 5.10. The smallest absolute Gasteiger partial charge is 0.336 e. The van der Waals surface area contributed by atoms with Crippen LogP contribution in [0.3, 0.4) is 0 Å². The number of aromatic carboxylic acids is 1. The number of nitrogens with two attached hydrogens (primary N) is 2. The highest BCUT2D eigenvalue weighted by atomic mass is 16.4. The maximum Gasteiger partial charge on any atom is 0.336 e. The lowest BCUT2D eigenvalue weighted by molar-refractivity contribution is -0.139. The number of carboxylic acid groups (broad SMARTS) is 2. The lowest BCUT2D eigenvalue weighted by Gasteiger charge is -2.20. The first-order valence-electron chi connectivity index (χ1n) is 15.2. The number of anilines is 2. The number of carbonyl (C=O) groups is 3. The zero-order valence-electron chi connectivity index (χ0n) is 26.7. The minimum absolute atomic E-state index is 0.0269. The van der Waals surface area contributed by atoms with Gasteiger partial charge in [0.25, 0.3) is 5.91 Å². The quantitative estimate of drug-likeness (QED) is 0.130. The normalized spacial score (nSPS) is 12.1. The van der Waals surface area contributed by atoms with Crippen molar-refractivity contribution in [3.8, 4) is 11.3 Å². The SMILES string of the molecule is CC(C)(C)c1ccc(-c2cn(CCC[C@H](NC(=O)c3ccc(CCc4cnc5nc(N)nc(N)c5n4)cc3)C(=O)O)nn2)c(C(=O)O)c1. The number of aromatic nitrogens is 7. The number of benzene rings is 2. The van der Waals surface area contributed by atoms with Crippen molar-refractivity contribution >= 4 is 40.8 Å². The number of nitrogens with one attached hydrogen (secondary N) is 1. The molecule has 15 nitrogen and oxygen atoms in total. The highest BCUT2D eigenvalue weighted by Gasteiger charge is 2.22. The van der Waals surface area contributed by atoms with Crippen LogP contribution in [0, 0.1) is 0 Å². The summed E-state index contributed by atoms with van der Waals surface area (Å²) in [6.45, 7) is 6.33. The number of fused-ring (bicyclic) bond motifs is 1. The Morgan fingerprint density at radius 3 is 2.42 bits per heavy atom. The van der Waals surface area contributed by atoms with Gasteiger partial charge in [0.05, 0.1) is 23.7 Å². The first kappa shape index (κ1) is 33.4. The summed E-state index contributed by atoms with van der Waals surface area (Å²) >= 11 is 0. The summed E-state index contributed by atoms with van der Waals surface area (Å²) < 4.78 is 1.53. The Balaban J connectivity index is 1.15. The van der Waals surface area contributed by atoms with Gasteiger partial charge in [-0.25, -0.2) is 19.6 Å². The standard InChI is InChI=1S/C33H36N10O5/c1-33(2,3)20-11-13-22(23(15-20)30(45)46)25-17-43(42-41-25)14-4-5-24(31(47)48)38-29(44)19-9-6-18(7-10-19)8-12-21-16-36-28-26(37-21)27(34)39-32(35)40-28/h6-7,9-11,13,15-17,24H,4-5,8,12,14H2,1-3H3,(H,38,44)(H,45,46)(H,47,48)(H4,34,35,36,39,40)/t24-/m0/s1. The molecule has 7 N–H and O–H groups in total. The Hall–Kier alpha value is -5.99. The number of aryl methyl sites for hydroxylation is 3. The lowest BCUT2D eigenvalue weighted by Crippen LogP contribution is -2.40. The third-order valence-electron chi connectivity index (χ3n) is 7.80. The fourth-order valence-electron chi connectivity index (χ4n) is 5.10. The van der Waals surface area contributed by atoms with Gasteiger partial charge < -0.3 is 27.0 Å². The van der Waals surface area contributed by atoms with E-state index in [0.717, 1.165) is 11.1 Å². The van der Waals surface area contributed by atoms with Crippen LogP contribution in [-0.2, 0) is 29.6 Å². The molecule has 0 aliphatic rings. The third kappa shape index (κ3) is 7.86. The average Bonchev–Trinajstić information content (AvgIpc) is 3.51. The van der Waals surface area contributed by atoms with E-state index in [0.29, 0.717) is 59.5 Å². The zero-order chi connectivity index (χ0) is 34.6. The van der Waals surface area contributed by atoms with E-state index < -0.39 is 23.9 Å². The van der Waals surface area contributed by atoms with Crippen LogP contribution in [0.15, 0.2) is 54.9 Å². The van der Waals surface area contributed by atoms with Crippen molar-refractivity contribution in [3.63, 3.8) is 0 Å². The highest BCUT2D eigenvalue weighted by Crippen LogP contribution is 2.29. The van der Waals surface area contributed by atoms with Gasteiger partial charge in [-0.15, -0.1) is 5.10 Å². The van der Waals surface area contributed by atoms with Gasteiger partial charge in [-0.05, 0) is 60.4 Å². The number of nitrogen functional groups attached to an aromatic ring is 2. The van der Waals surface area contributed by atoms with Gasteiger partial charge in [0.2, 0.25) is 5.95 Å². The number of aliphatic carboxylic acids is 1. The second kappa shape index (κ2) is 13.8. The Kier molecular flexibility index (Phi) is 9.58. The molecule has 0 saturated carbocycles. The molecule has 1 amide bonds. The van der Waals surface area contributed by atoms with E-state index >= 15 is 0 Å².